The number of aliphatic hydroxyl groups is 9. The van der Waals surface area contributed by atoms with Crippen LogP contribution in [0.3, 0.4) is 0 Å². The van der Waals surface area contributed by atoms with Crippen molar-refractivity contribution in [1.29, 1.82) is 0 Å². The zero-order chi connectivity index (χ0) is 44.9. The van der Waals surface area contributed by atoms with Crippen molar-refractivity contribution >= 4 is 52.9 Å². The van der Waals surface area contributed by atoms with Crippen LogP contribution in [-0.2, 0) is 42.7 Å². The molecule has 3 saturated heterocycles. The number of methoxy groups -OCH3 is 1. The molecule has 3 rings (SSSR count). The van der Waals surface area contributed by atoms with Crippen molar-refractivity contribution in [2.24, 2.45) is 10.7 Å². The minimum atomic E-state index is -1.49. The van der Waals surface area contributed by atoms with E-state index in [0.717, 1.165) is 11.8 Å². The number of aliphatic imine (C=N–C) groups is 1. The molecule has 6 unspecified atom stereocenters. The van der Waals surface area contributed by atoms with Gasteiger partial charge in [-0.15, -0.1) is 11.8 Å². The summed E-state index contributed by atoms with van der Waals surface area (Å²) in [6.07, 6.45) is -16.7. The molecular formula is C36H66N4O18S3. The number of amides is 2. The van der Waals surface area contributed by atoms with Crippen molar-refractivity contribution in [3.8, 4) is 0 Å². The fourth-order valence-electron chi connectivity index (χ4n) is 6.31. The van der Waals surface area contributed by atoms with Gasteiger partial charge in [-0.2, -0.15) is 23.5 Å². The van der Waals surface area contributed by atoms with E-state index in [9.17, 15) is 55.5 Å². The van der Waals surface area contributed by atoms with Crippen LogP contribution in [0.4, 0.5) is 0 Å². The van der Waals surface area contributed by atoms with Gasteiger partial charge in [0, 0.05) is 64.8 Å². The number of hydrogen-bond donors (Lipinski definition) is 12. The molecule has 0 spiro atoms. The van der Waals surface area contributed by atoms with Crippen molar-refractivity contribution < 1.29 is 88.7 Å². The second kappa shape index (κ2) is 29.4. The molecule has 22 nitrogen and oxygen atoms in total. The minimum absolute atomic E-state index is 0.119. The first kappa shape index (κ1) is 54.2. The molecule has 25 heteroatoms. The highest BCUT2D eigenvalue weighted by Crippen LogP contribution is 2.30. The van der Waals surface area contributed by atoms with Gasteiger partial charge in [-0.1, -0.05) is 0 Å². The summed E-state index contributed by atoms with van der Waals surface area (Å²) in [7, 11) is 2.87. The maximum atomic E-state index is 11.8. The Labute approximate surface area is 367 Å². The van der Waals surface area contributed by atoms with Gasteiger partial charge in [-0.25, -0.2) is 0 Å². The average Bonchev–Trinajstić information content (AvgIpc) is 3.26. The lowest BCUT2D eigenvalue weighted by Gasteiger charge is -2.44. The number of amidine groups is 1. The van der Waals surface area contributed by atoms with E-state index >= 15 is 0 Å². The molecule has 61 heavy (non-hydrogen) atoms. The van der Waals surface area contributed by atoms with Crippen LogP contribution >= 0.6 is 35.3 Å². The maximum absolute atomic E-state index is 11.8. The van der Waals surface area contributed by atoms with E-state index in [2.05, 4.69) is 15.6 Å². The maximum Gasteiger partial charge on any atom is 0.220 e. The molecule has 0 aromatic heterocycles. The van der Waals surface area contributed by atoms with E-state index in [0.29, 0.717) is 48.9 Å². The largest absolute Gasteiger partial charge is 0.394 e. The summed E-state index contributed by atoms with van der Waals surface area (Å²) < 4.78 is 40.1. The third kappa shape index (κ3) is 17.6. The van der Waals surface area contributed by atoms with Crippen molar-refractivity contribution in [2.75, 3.05) is 89.0 Å². The van der Waals surface area contributed by atoms with E-state index in [1.807, 2.05) is 0 Å². The molecular weight excluding hydrogens is 873 g/mol. The number of hydrogen-bond acceptors (Lipinski definition) is 22. The van der Waals surface area contributed by atoms with Crippen molar-refractivity contribution in [3.05, 3.63) is 0 Å². The van der Waals surface area contributed by atoms with E-state index in [1.54, 1.807) is 23.5 Å². The summed E-state index contributed by atoms with van der Waals surface area (Å²) in [5, 5.41) is 97.7. The lowest BCUT2D eigenvalue weighted by atomic mass is 9.98. The van der Waals surface area contributed by atoms with E-state index < -0.39 is 104 Å². The summed E-state index contributed by atoms with van der Waals surface area (Å²) in [6.45, 7) is -0.301. The molecule has 3 fully saturated rings. The summed E-state index contributed by atoms with van der Waals surface area (Å²) in [4.78, 5) is 27.4. The summed E-state index contributed by atoms with van der Waals surface area (Å²) >= 11 is 4.23. The molecule has 0 aromatic carbocycles. The molecule has 356 valence electrons. The number of nitrogens with two attached hydrogens (primary N) is 1. The van der Waals surface area contributed by atoms with Crippen molar-refractivity contribution in [2.45, 2.75) is 117 Å². The van der Waals surface area contributed by atoms with Gasteiger partial charge in [0.05, 0.1) is 25.6 Å². The van der Waals surface area contributed by atoms with Crippen LogP contribution in [-0.4, -0.2) is 244 Å². The van der Waals surface area contributed by atoms with Gasteiger partial charge in [0.2, 0.25) is 11.8 Å². The van der Waals surface area contributed by atoms with Gasteiger partial charge in [0.25, 0.3) is 0 Å². The van der Waals surface area contributed by atoms with Gasteiger partial charge < -0.3 is 95.5 Å². The molecule has 0 saturated carbocycles. The average molecular weight is 939 g/mol. The second-order valence-electron chi connectivity index (χ2n) is 14.3. The van der Waals surface area contributed by atoms with Gasteiger partial charge in [-0.3, -0.25) is 14.6 Å². The highest BCUT2D eigenvalue weighted by atomic mass is 32.2. The molecule has 0 bridgehead atoms. The van der Waals surface area contributed by atoms with E-state index in [-0.39, 0.29) is 56.1 Å². The van der Waals surface area contributed by atoms with Gasteiger partial charge in [0.15, 0.2) is 12.6 Å². The Balaban J connectivity index is 1.36. The van der Waals surface area contributed by atoms with Crippen LogP contribution < -0.4 is 16.4 Å². The second-order valence-corrected chi connectivity index (χ2v) is 17.8. The highest BCUT2D eigenvalue weighted by Gasteiger charge is 2.49. The standard InChI is InChI=1S/C36H66N4O18S3/c1-38-23(43)5-6-24(44)40-8-14-60-12-3-9-53-32-30(50)27(47)21(57-34(32)52-2)17-55-35-33(29(49)26(46)19(15-41)56-35)54-10-4-11-59-13-7-39-22(37)18-61-36-31(51)28(48)25(45)20(16-42)58-36/h19-21,25-36,41-42,45-51H,3-18H2,1-2H3,(H2,37,39)(H,38,43)(H,40,44)/t19?,20?,21?,25-,26+,27+,28-,29-,30-,31?,32?,33?,34-,35-,36-/m0/s1. The lowest BCUT2D eigenvalue weighted by Crippen LogP contribution is -2.62. The Kier molecular flexibility index (Phi) is 26.1. The van der Waals surface area contributed by atoms with Crippen LogP contribution in [0.5, 0.6) is 0 Å². The number of thioether (sulfide) groups is 3. The Morgan fingerprint density at radius 1 is 0.689 bits per heavy atom. The topological polar surface area (TPSA) is 343 Å². The molecule has 3 aliphatic rings. The molecule has 15 atom stereocenters. The van der Waals surface area contributed by atoms with E-state index in [1.165, 1.54) is 14.2 Å². The SMILES string of the molecule is CNC(=O)CCC(=O)NCCSCCCOC1[C@@H](OC)OC(CO[C@H]2OC(CO)[C@@H](O)[C@H](O)C2OCCCSCCN=C(N)CS[C@@H]2OC(CO)[C@H](O)[C@H](O)C2O)[C@@H](O)[C@@H]1O. The zero-order valence-electron chi connectivity index (χ0n) is 34.4. The van der Waals surface area contributed by atoms with Crippen LogP contribution in [0.2, 0.25) is 0 Å². The predicted octanol–water partition coefficient (Wildman–Crippen LogP) is -4.92. The lowest BCUT2D eigenvalue weighted by molar-refractivity contribution is -0.335. The Morgan fingerprint density at radius 3 is 1.87 bits per heavy atom. The smallest absolute Gasteiger partial charge is 0.220 e. The minimum Gasteiger partial charge on any atom is -0.394 e. The summed E-state index contributed by atoms with van der Waals surface area (Å²) in [6, 6.07) is 0. The van der Waals surface area contributed by atoms with Crippen molar-refractivity contribution in [1.82, 2.24) is 10.6 Å². The van der Waals surface area contributed by atoms with E-state index in [4.69, 9.17) is 38.9 Å². The van der Waals surface area contributed by atoms with Gasteiger partial charge in [-0.05, 0) is 24.3 Å². The molecule has 13 N–H and O–H groups in total. The Bertz CT molecular complexity index is 1290. The first-order valence-electron chi connectivity index (χ1n) is 20.1. The zero-order valence-corrected chi connectivity index (χ0v) is 36.9. The van der Waals surface area contributed by atoms with Crippen molar-refractivity contribution in [3.63, 3.8) is 0 Å². The number of carbonyl (C=O) groups is 2. The fraction of sp³-hybridized carbons (Fsp3) is 0.917. The number of aliphatic hydroxyl groups excluding tert-OH is 9. The number of ether oxygens (including phenoxy) is 7. The van der Waals surface area contributed by atoms with Gasteiger partial charge in [0.1, 0.15) is 84.5 Å². The highest BCUT2D eigenvalue weighted by molar-refractivity contribution is 8.00. The number of carbonyl (C=O) groups excluding carboxylic acids is 2. The van der Waals surface area contributed by atoms with Crippen LogP contribution in [0.1, 0.15) is 25.7 Å². The van der Waals surface area contributed by atoms with Gasteiger partial charge >= 0.3 is 0 Å². The Hall–Kier alpha value is -1.18. The quantitative estimate of drug-likeness (QED) is 0.0199. The molecule has 3 aliphatic heterocycles. The summed E-state index contributed by atoms with van der Waals surface area (Å²) in [5.74, 6) is 2.66. The van der Waals surface area contributed by atoms with Crippen LogP contribution in [0.25, 0.3) is 0 Å². The monoisotopic (exact) mass is 938 g/mol. The predicted molar refractivity (Wildman–Crippen MR) is 224 cm³/mol. The Morgan fingerprint density at radius 2 is 1.25 bits per heavy atom. The molecule has 0 aromatic rings. The third-order valence-corrected chi connectivity index (χ3v) is 13.1. The molecule has 0 aliphatic carbocycles. The first-order chi connectivity index (χ1) is 29.3. The fourth-order valence-corrected chi connectivity index (χ4v) is 8.83. The number of rotatable bonds is 28. The first-order valence-corrected chi connectivity index (χ1v) is 23.5. The summed E-state index contributed by atoms with van der Waals surface area (Å²) in [5.41, 5.74) is 5.08. The molecule has 3 heterocycles. The molecule has 0 radical (unpaired) electrons. The normalized spacial score (nSPS) is 34.6. The third-order valence-electron chi connectivity index (χ3n) is 9.83. The van der Waals surface area contributed by atoms with Crippen LogP contribution in [0, 0.1) is 0 Å². The van der Waals surface area contributed by atoms with Crippen LogP contribution in [0.15, 0.2) is 4.99 Å². The number of nitrogens with one attached hydrogen (secondary N) is 2. The number of nitrogens with zero attached hydrogens (tertiary/aromatic N) is 1. The molecule has 2 amide bonds.